The van der Waals surface area contributed by atoms with Crippen LogP contribution >= 0.6 is 0 Å². The fraction of sp³-hybridized carbons (Fsp3) is 1.00. The minimum atomic E-state index is -0.852. The minimum Gasteiger partial charge on any atom is -0.244 e. The summed E-state index contributed by atoms with van der Waals surface area (Å²) in [6, 6.07) is 0. The third-order valence-corrected chi connectivity index (χ3v) is 4.44. The van der Waals surface area contributed by atoms with Gasteiger partial charge in [-0.15, -0.1) is 0 Å². The molecule has 0 spiro atoms. The van der Waals surface area contributed by atoms with Crippen LogP contribution in [0.1, 0.15) is 117 Å². The number of alkyl halides is 1. The van der Waals surface area contributed by atoms with Crippen LogP contribution in [0, 0.1) is 0 Å². The molecule has 0 radical (unpaired) electrons. The van der Waals surface area contributed by atoms with E-state index in [2.05, 4.69) is 20.8 Å². The van der Waals surface area contributed by atoms with Crippen molar-refractivity contribution in [1.82, 2.24) is 0 Å². The van der Waals surface area contributed by atoms with Gasteiger partial charge in [-0.1, -0.05) is 97.8 Å². The van der Waals surface area contributed by atoms with Gasteiger partial charge in [0.2, 0.25) is 0 Å². The smallest absolute Gasteiger partial charge is 0.111 e. The second-order valence-electron chi connectivity index (χ2n) is 6.58. The third kappa shape index (κ3) is 11.7. The molecule has 0 aliphatic carbocycles. The Morgan fingerprint density at radius 2 is 0.800 bits per heavy atom. The van der Waals surface area contributed by atoms with Crippen LogP contribution in [-0.4, -0.2) is 5.67 Å². The van der Waals surface area contributed by atoms with Gasteiger partial charge < -0.3 is 0 Å². The summed E-state index contributed by atoms with van der Waals surface area (Å²) in [5, 5.41) is 0. The molecular formula is C19H39F. The Bertz CT molecular complexity index is 157. The molecule has 0 unspecified atom stereocenters. The Labute approximate surface area is 127 Å². The standard InChI is InChI=1S/C19H39F/c1-4-7-10-13-16-19(20,17-14-11-8-5-2)18-15-12-9-6-3/h4-18H2,1-3H3. The average molecular weight is 287 g/mol. The molecule has 0 aromatic heterocycles. The molecule has 0 aliphatic rings. The van der Waals surface area contributed by atoms with Crippen molar-refractivity contribution in [3.8, 4) is 0 Å². The number of hydrogen-bond donors (Lipinski definition) is 0. The largest absolute Gasteiger partial charge is 0.244 e. The van der Waals surface area contributed by atoms with Crippen LogP contribution in [0.2, 0.25) is 0 Å². The summed E-state index contributed by atoms with van der Waals surface area (Å²) in [5.41, 5.74) is -0.852. The molecule has 0 fully saturated rings. The van der Waals surface area contributed by atoms with Gasteiger partial charge in [0.1, 0.15) is 5.67 Å². The summed E-state index contributed by atoms with van der Waals surface area (Å²) >= 11 is 0. The Kier molecular flexibility index (Phi) is 13.8. The van der Waals surface area contributed by atoms with E-state index in [9.17, 15) is 0 Å². The predicted octanol–water partition coefficient (Wildman–Crippen LogP) is 7.61. The molecule has 0 bridgehead atoms. The quantitative estimate of drug-likeness (QED) is 0.272. The van der Waals surface area contributed by atoms with E-state index >= 15 is 4.39 Å². The lowest BCUT2D eigenvalue weighted by Gasteiger charge is -2.26. The van der Waals surface area contributed by atoms with Crippen molar-refractivity contribution in [2.75, 3.05) is 0 Å². The van der Waals surface area contributed by atoms with E-state index in [1.807, 2.05) is 0 Å². The van der Waals surface area contributed by atoms with Gasteiger partial charge >= 0.3 is 0 Å². The Balaban J connectivity index is 3.98. The van der Waals surface area contributed by atoms with Gasteiger partial charge in [0.25, 0.3) is 0 Å². The second kappa shape index (κ2) is 13.9. The highest BCUT2D eigenvalue weighted by Gasteiger charge is 2.27. The summed E-state index contributed by atoms with van der Waals surface area (Å²) in [4.78, 5) is 0. The van der Waals surface area contributed by atoms with Crippen LogP contribution in [0.25, 0.3) is 0 Å². The Morgan fingerprint density at radius 3 is 1.05 bits per heavy atom. The van der Waals surface area contributed by atoms with E-state index in [-0.39, 0.29) is 0 Å². The van der Waals surface area contributed by atoms with Crippen molar-refractivity contribution in [2.24, 2.45) is 0 Å². The molecule has 0 saturated carbocycles. The fourth-order valence-corrected chi connectivity index (χ4v) is 2.98. The summed E-state index contributed by atoms with van der Waals surface area (Å²) in [7, 11) is 0. The van der Waals surface area contributed by atoms with Gasteiger partial charge in [-0.3, -0.25) is 0 Å². The van der Waals surface area contributed by atoms with Crippen molar-refractivity contribution in [3.05, 3.63) is 0 Å². The topological polar surface area (TPSA) is 0 Å². The number of unbranched alkanes of at least 4 members (excludes halogenated alkanes) is 9. The molecule has 0 heterocycles. The molecule has 0 N–H and O–H groups in total. The zero-order valence-corrected chi connectivity index (χ0v) is 14.5. The molecule has 0 amide bonds. The van der Waals surface area contributed by atoms with Crippen molar-refractivity contribution in [3.63, 3.8) is 0 Å². The van der Waals surface area contributed by atoms with E-state index in [1.165, 1.54) is 57.8 Å². The van der Waals surface area contributed by atoms with Crippen LogP contribution in [-0.2, 0) is 0 Å². The molecule has 122 valence electrons. The lowest BCUT2D eigenvalue weighted by molar-refractivity contribution is 0.112. The van der Waals surface area contributed by atoms with Gasteiger partial charge in [-0.05, 0) is 19.3 Å². The third-order valence-electron chi connectivity index (χ3n) is 4.44. The average Bonchev–Trinajstić information content (AvgIpc) is 2.45. The molecule has 0 saturated heterocycles. The Morgan fingerprint density at radius 1 is 0.500 bits per heavy atom. The lowest BCUT2D eigenvalue weighted by Crippen LogP contribution is -2.23. The van der Waals surface area contributed by atoms with Crippen LogP contribution in [0.15, 0.2) is 0 Å². The normalized spacial score (nSPS) is 12.0. The first-order valence-corrected chi connectivity index (χ1v) is 9.37. The first kappa shape index (κ1) is 19.9. The maximum Gasteiger partial charge on any atom is 0.111 e. The van der Waals surface area contributed by atoms with Crippen LogP contribution in [0.4, 0.5) is 4.39 Å². The van der Waals surface area contributed by atoms with Crippen LogP contribution in [0.5, 0.6) is 0 Å². The van der Waals surface area contributed by atoms with Crippen LogP contribution in [0.3, 0.4) is 0 Å². The minimum absolute atomic E-state index is 0.811. The van der Waals surface area contributed by atoms with E-state index in [0.29, 0.717) is 0 Å². The molecule has 0 rings (SSSR count). The van der Waals surface area contributed by atoms with Gasteiger partial charge in [0.15, 0.2) is 0 Å². The van der Waals surface area contributed by atoms with E-state index in [0.717, 1.165) is 38.5 Å². The highest BCUT2D eigenvalue weighted by Crippen LogP contribution is 2.32. The molecule has 0 aromatic carbocycles. The highest BCUT2D eigenvalue weighted by molar-refractivity contribution is 4.79. The van der Waals surface area contributed by atoms with E-state index in [4.69, 9.17) is 0 Å². The fourth-order valence-electron chi connectivity index (χ4n) is 2.98. The monoisotopic (exact) mass is 286 g/mol. The van der Waals surface area contributed by atoms with Gasteiger partial charge in [-0.2, -0.15) is 0 Å². The summed E-state index contributed by atoms with van der Waals surface area (Å²) < 4.78 is 15.1. The SMILES string of the molecule is CCCCCCC(F)(CCCCCC)CCCCCC. The summed E-state index contributed by atoms with van der Waals surface area (Å²) in [6.45, 7) is 6.66. The van der Waals surface area contributed by atoms with Crippen LogP contribution < -0.4 is 0 Å². The van der Waals surface area contributed by atoms with Crippen molar-refractivity contribution >= 4 is 0 Å². The first-order chi connectivity index (χ1) is 9.68. The Hall–Kier alpha value is -0.0700. The maximum absolute atomic E-state index is 15.1. The summed E-state index contributed by atoms with van der Waals surface area (Å²) in [5.74, 6) is 0. The molecule has 0 nitrogen and oxygen atoms in total. The highest BCUT2D eigenvalue weighted by atomic mass is 19.1. The maximum atomic E-state index is 15.1. The first-order valence-electron chi connectivity index (χ1n) is 9.37. The second-order valence-corrected chi connectivity index (χ2v) is 6.58. The molecule has 0 aliphatic heterocycles. The number of hydrogen-bond acceptors (Lipinski definition) is 0. The molecule has 0 atom stereocenters. The molecular weight excluding hydrogens is 247 g/mol. The molecule has 20 heavy (non-hydrogen) atoms. The van der Waals surface area contributed by atoms with Crippen molar-refractivity contribution < 1.29 is 4.39 Å². The predicted molar refractivity (Wildman–Crippen MR) is 90.1 cm³/mol. The molecule has 0 aromatic rings. The van der Waals surface area contributed by atoms with Crippen molar-refractivity contribution in [2.45, 2.75) is 123 Å². The van der Waals surface area contributed by atoms with Crippen molar-refractivity contribution in [1.29, 1.82) is 0 Å². The number of rotatable bonds is 15. The molecule has 1 heteroatoms. The summed E-state index contributed by atoms with van der Waals surface area (Å²) in [6.07, 6.45) is 16.9. The van der Waals surface area contributed by atoms with E-state index < -0.39 is 5.67 Å². The van der Waals surface area contributed by atoms with Gasteiger partial charge in [-0.25, -0.2) is 4.39 Å². The number of halogens is 1. The lowest BCUT2D eigenvalue weighted by atomic mass is 9.87. The van der Waals surface area contributed by atoms with Gasteiger partial charge in [0.05, 0.1) is 0 Å². The van der Waals surface area contributed by atoms with E-state index in [1.54, 1.807) is 0 Å². The zero-order chi connectivity index (χ0) is 15.1. The van der Waals surface area contributed by atoms with Gasteiger partial charge in [0, 0.05) is 0 Å². The zero-order valence-electron chi connectivity index (χ0n) is 14.5.